The van der Waals surface area contributed by atoms with Crippen LogP contribution in [0.15, 0.2) is 18.2 Å². The highest BCUT2D eigenvalue weighted by atomic mass is 32.2. The third-order valence-corrected chi connectivity index (χ3v) is 3.83. The number of ketones is 1. The van der Waals surface area contributed by atoms with Crippen LogP contribution in [0.25, 0.3) is 0 Å². The van der Waals surface area contributed by atoms with E-state index < -0.39 is 0 Å². The van der Waals surface area contributed by atoms with Gasteiger partial charge in [0.15, 0.2) is 0 Å². The smallest absolute Gasteiger partial charge is 0.147 e. The molecule has 0 aliphatic carbocycles. The predicted molar refractivity (Wildman–Crippen MR) is 72.0 cm³/mol. The molecule has 0 bridgehead atoms. The quantitative estimate of drug-likeness (QED) is 0.771. The van der Waals surface area contributed by atoms with E-state index >= 15 is 0 Å². The van der Waals surface area contributed by atoms with Crippen LogP contribution in [0.5, 0.6) is 0 Å². The molecule has 3 heteroatoms. The Hall–Kier alpha value is -0.830. The van der Waals surface area contributed by atoms with E-state index in [1.165, 1.54) is 12.1 Å². The molecule has 1 nitrogen and oxygen atoms in total. The highest BCUT2D eigenvalue weighted by Crippen LogP contribution is 2.13. The van der Waals surface area contributed by atoms with Gasteiger partial charge < -0.3 is 0 Å². The molecule has 94 valence electrons. The lowest BCUT2D eigenvalue weighted by atomic mass is 10.0. The minimum Gasteiger partial charge on any atom is -0.298 e. The summed E-state index contributed by atoms with van der Waals surface area (Å²) in [6.45, 7) is 6.12. The molecular formula is C14H19FOS. The molecule has 0 radical (unpaired) electrons. The van der Waals surface area contributed by atoms with Crippen LogP contribution in [0.1, 0.15) is 25.0 Å². The van der Waals surface area contributed by atoms with Gasteiger partial charge in [-0.3, -0.25) is 4.79 Å². The van der Waals surface area contributed by atoms with Gasteiger partial charge in [0.05, 0.1) is 5.75 Å². The van der Waals surface area contributed by atoms with Crippen molar-refractivity contribution in [3.63, 3.8) is 0 Å². The van der Waals surface area contributed by atoms with Gasteiger partial charge in [0.2, 0.25) is 0 Å². The van der Waals surface area contributed by atoms with Crippen LogP contribution in [0.3, 0.4) is 0 Å². The fourth-order valence-corrected chi connectivity index (χ4v) is 2.45. The first-order valence-electron chi connectivity index (χ1n) is 5.83. The Kier molecular flexibility index (Phi) is 5.69. The molecule has 0 saturated carbocycles. The number of rotatable bonds is 6. The maximum Gasteiger partial charge on any atom is 0.147 e. The van der Waals surface area contributed by atoms with Crippen molar-refractivity contribution in [2.45, 2.75) is 27.2 Å². The summed E-state index contributed by atoms with van der Waals surface area (Å²) in [6.07, 6.45) is 0.414. The van der Waals surface area contributed by atoms with Crippen LogP contribution in [0, 0.1) is 18.7 Å². The zero-order valence-electron chi connectivity index (χ0n) is 10.6. The summed E-state index contributed by atoms with van der Waals surface area (Å²) in [6, 6.07) is 4.59. The molecule has 0 aliphatic heterocycles. The Morgan fingerprint density at radius 2 is 2.12 bits per heavy atom. The fourth-order valence-electron chi connectivity index (χ4n) is 1.53. The van der Waals surface area contributed by atoms with Crippen molar-refractivity contribution in [2.24, 2.45) is 5.92 Å². The number of carbonyl (C=O) groups excluding carboxylic acids is 1. The van der Waals surface area contributed by atoms with Gasteiger partial charge in [0.25, 0.3) is 0 Å². The van der Waals surface area contributed by atoms with Crippen molar-refractivity contribution < 1.29 is 9.18 Å². The predicted octanol–water partition coefficient (Wildman–Crippen LogP) is 3.63. The Bertz CT molecular complexity index is 388. The minimum atomic E-state index is -0.243. The summed E-state index contributed by atoms with van der Waals surface area (Å²) < 4.78 is 12.9. The Morgan fingerprint density at radius 1 is 1.41 bits per heavy atom. The van der Waals surface area contributed by atoms with Gasteiger partial charge >= 0.3 is 0 Å². The summed E-state index contributed by atoms with van der Waals surface area (Å²) in [5.74, 6) is 2.14. The molecule has 17 heavy (non-hydrogen) atoms. The standard InChI is InChI=1S/C14H19FOS/c1-10(2)8-17-9-14(16)7-12-4-5-13(15)6-11(12)3/h4-6,10H,7-9H2,1-3H3. The maximum atomic E-state index is 12.9. The lowest BCUT2D eigenvalue weighted by molar-refractivity contribution is -0.116. The maximum absolute atomic E-state index is 12.9. The lowest BCUT2D eigenvalue weighted by Gasteiger charge is -2.06. The van der Waals surface area contributed by atoms with Gasteiger partial charge in [-0.1, -0.05) is 19.9 Å². The second kappa shape index (κ2) is 6.80. The molecule has 0 atom stereocenters. The topological polar surface area (TPSA) is 17.1 Å². The lowest BCUT2D eigenvalue weighted by Crippen LogP contribution is -2.08. The molecule has 0 spiro atoms. The number of aryl methyl sites for hydroxylation is 1. The van der Waals surface area contributed by atoms with Crippen LogP contribution < -0.4 is 0 Å². The minimum absolute atomic E-state index is 0.213. The number of halogens is 1. The molecule has 0 aromatic heterocycles. The van der Waals surface area contributed by atoms with Gasteiger partial charge in [0.1, 0.15) is 11.6 Å². The van der Waals surface area contributed by atoms with E-state index in [0.717, 1.165) is 16.9 Å². The van der Waals surface area contributed by atoms with Gasteiger partial charge in [0, 0.05) is 6.42 Å². The van der Waals surface area contributed by atoms with E-state index in [2.05, 4.69) is 13.8 Å². The van der Waals surface area contributed by atoms with Crippen molar-refractivity contribution in [1.29, 1.82) is 0 Å². The number of Topliss-reactive ketones (excluding diaryl/α,β-unsaturated/α-hetero) is 1. The summed E-state index contributed by atoms with van der Waals surface area (Å²) in [7, 11) is 0. The highest BCUT2D eigenvalue weighted by molar-refractivity contribution is 7.99. The summed E-state index contributed by atoms with van der Waals surface area (Å²) >= 11 is 1.67. The zero-order chi connectivity index (χ0) is 12.8. The number of thioether (sulfide) groups is 1. The molecule has 0 heterocycles. The molecule has 0 amide bonds. The van der Waals surface area contributed by atoms with Crippen LogP contribution in [0.4, 0.5) is 4.39 Å². The monoisotopic (exact) mass is 254 g/mol. The third kappa shape index (κ3) is 5.35. The van der Waals surface area contributed by atoms with Gasteiger partial charge in [-0.15, -0.1) is 0 Å². The van der Waals surface area contributed by atoms with E-state index in [1.807, 2.05) is 6.92 Å². The van der Waals surface area contributed by atoms with Crippen LogP contribution in [-0.4, -0.2) is 17.3 Å². The first-order valence-corrected chi connectivity index (χ1v) is 6.99. The molecule has 1 aromatic carbocycles. The van der Waals surface area contributed by atoms with Gasteiger partial charge in [-0.05, 0) is 41.9 Å². The average molecular weight is 254 g/mol. The summed E-state index contributed by atoms with van der Waals surface area (Å²) in [4.78, 5) is 11.7. The van der Waals surface area contributed by atoms with Crippen molar-refractivity contribution in [3.05, 3.63) is 35.1 Å². The van der Waals surface area contributed by atoms with Crippen molar-refractivity contribution in [2.75, 3.05) is 11.5 Å². The summed E-state index contributed by atoms with van der Waals surface area (Å²) in [5.41, 5.74) is 1.79. The number of carbonyl (C=O) groups is 1. The molecule has 0 N–H and O–H groups in total. The fraction of sp³-hybridized carbons (Fsp3) is 0.500. The Labute approximate surface area is 107 Å². The average Bonchev–Trinajstić information content (AvgIpc) is 2.21. The van der Waals surface area contributed by atoms with E-state index in [4.69, 9.17) is 0 Å². The number of hydrogen-bond donors (Lipinski definition) is 0. The van der Waals surface area contributed by atoms with Gasteiger partial charge in [-0.25, -0.2) is 4.39 Å². The van der Waals surface area contributed by atoms with E-state index in [9.17, 15) is 9.18 Å². The van der Waals surface area contributed by atoms with E-state index in [0.29, 0.717) is 18.1 Å². The zero-order valence-corrected chi connectivity index (χ0v) is 11.4. The molecule has 0 saturated heterocycles. The van der Waals surface area contributed by atoms with Gasteiger partial charge in [-0.2, -0.15) is 11.8 Å². The molecule has 0 fully saturated rings. The van der Waals surface area contributed by atoms with Crippen LogP contribution in [-0.2, 0) is 11.2 Å². The van der Waals surface area contributed by atoms with Crippen molar-refractivity contribution >= 4 is 17.5 Å². The van der Waals surface area contributed by atoms with E-state index in [-0.39, 0.29) is 11.6 Å². The first-order chi connectivity index (χ1) is 7.99. The molecule has 1 aromatic rings. The third-order valence-electron chi connectivity index (χ3n) is 2.41. The highest BCUT2D eigenvalue weighted by Gasteiger charge is 2.07. The second-order valence-corrected chi connectivity index (χ2v) is 5.73. The molecule has 1 rings (SSSR count). The number of benzene rings is 1. The van der Waals surface area contributed by atoms with E-state index in [1.54, 1.807) is 17.8 Å². The van der Waals surface area contributed by atoms with Crippen molar-refractivity contribution in [3.8, 4) is 0 Å². The number of hydrogen-bond acceptors (Lipinski definition) is 2. The normalized spacial score (nSPS) is 10.9. The SMILES string of the molecule is Cc1cc(F)ccc1CC(=O)CSCC(C)C. The van der Waals surface area contributed by atoms with Crippen LogP contribution >= 0.6 is 11.8 Å². The Morgan fingerprint density at radius 3 is 2.71 bits per heavy atom. The first kappa shape index (κ1) is 14.2. The largest absolute Gasteiger partial charge is 0.298 e. The Balaban J connectivity index is 2.45. The van der Waals surface area contributed by atoms with Crippen molar-refractivity contribution in [1.82, 2.24) is 0 Å². The second-order valence-electron chi connectivity index (χ2n) is 4.70. The molecule has 0 aliphatic rings. The summed E-state index contributed by atoms with van der Waals surface area (Å²) in [5, 5.41) is 0. The van der Waals surface area contributed by atoms with Crippen LogP contribution in [0.2, 0.25) is 0 Å². The molecular weight excluding hydrogens is 235 g/mol. The molecule has 0 unspecified atom stereocenters.